The van der Waals surface area contributed by atoms with Gasteiger partial charge < -0.3 is 9.84 Å². The van der Waals surface area contributed by atoms with Crippen LogP contribution in [0.1, 0.15) is 18.4 Å². The molecule has 0 unspecified atom stereocenters. The Bertz CT molecular complexity index is 788. The lowest BCUT2D eigenvalue weighted by Gasteiger charge is -2.37. The first-order valence-electron chi connectivity index (χ1n) is 8.18. The van der Waals surface area contributed by atoms with Gasteiger partial charge in [0.15, 0.2) is 11.5 Å². The molecule has 2 fully saturated rings. The van der Waals surface area contributed by atoms with Crippen molar-refractivity contribution in [3.05, 3.63) is 34.3 Å². The number of rotatable bonds is 3. The van der Waals surface area contributed by atoms with Crippen LogP contribution in [-0.4, -0.2) is 35.3 Å². The molecule has 0 aromatic heterocycles. The highest BCUT2D eigenvalue weighted by atomic mass is 79.9. The number of benzene rings is 1. The fraction of sp³-hybridized carbons (Fsp3) is 0.389. The molecule has 6 nitrogen and oxygen atoms in total. The molecule has 4 aliphatic rings. The first-order valence-corrected chi connectivity index (χ1v) is 8.97. The van der Waals surface area contributed by atoms with Gasteiger partial charge in [-0.25, -0.2) is 0 Å². The quantitative estimate of drug-likeness (QED) is 0.477. The number of halogens is 1. The number of phenols is 1. The SMILES string of the molecule is COc1cc(/C=N/N2C(=O)[C@@H]3[C@@H](C2=O)[C@@H]2C=C[C@@H]3CC2)cc(Br)c1O. The first kappa shape index (κ1) is 16.3. The minimum absolute atomic E-state index is 0.0124. The first-order chi connectivity index (χ1) is 12.0. The van der Waals surface area contributed by atoms with Crippen LogP contribution in [0, 0.1) is 23.7 Å². The third-order valence-corrected chi connectivity index (χ3v) is 5.93. The van der Waals surface area contributed by atoms with Gasteiger partial charge in [0.2, 0.25) is 0 Å². The summed E-state index contributed by atoms with van der Waals surface area (Å²) in [6.07, 6.45) is 7.52. The molecule has 1 saturated carbocycles. The van der Waals surface area contributed by atoms with Crippen LogP contribution in [0.4, 0.5) is 0 Å². The largest absolute Gasteiger partial charge is 0.503 e. The van der Waals surface area contributed by atoms with Crippen molar-refractivity contribution in [1.82, 2.24) is 5.01 Å². The van der Waals surface area contributed by atoms with Crippen molar-refractivity contribution in [2.75, 3.05) is 7.11 Å². The van der Waals surface area contributed by atoms with Crippen LogP contribution in [0.25, 0.3) is 0 Å². The molecule has 7 heteroatoms. The molecule has 130 valence electrons. The van der Waals surface area contributed by atoms with Gasteiger partial charge in [0.1, 0.15) is 0 Å². The number of phenolic OH excluding ortho intramolecular Hbond substituents is 1. The van der Waals surface area contributed by atoms with Crippen LogP contribution in [0.2, 0.25) is 0 Å². The summed E-state index contributed by atoms with van der Waals surface area (Å²) in [6.45, 7) is 0. The van der Waals surface area contributed by atoms with Crippen LogP contribution >= 0.6 is 15.9 Å². The number of nitrogens with zero attached hydrogens (tertiary/aromatic N) is 2. The van der Waals surface area contributed by atoms with Gasteiger partial charge in [-0.05, 0) is 58.3 Å². The third kappa shape index (κ3) is 2.49. The number of carbonyl (C=O) groups is 2. The van der Waals surface area contributed by atoms with Crippen LogP contribution in [-0.2, 0) is 9.59 Å². The Morgan fingerprint density at radius 1 is 1.20 bits per heavy atom. The maximum atomic E-state index is 12.7. The van der Waals surface area contributed by atoms with Gasteiger partial charge in [-0.2, -0.15) is 10.1 Å². The number of carbonyl (C=O) groups excluding carboxylic acids is 2. The molecule has 1 heterocycles. The number of methoxy groups -OCH3 is 1. The minimum atomic E-state index is -0.269. The Labute approximate surface area is 153 Å². The molecule has 3 aliphatic carbocycles. The zero-order valence-corrected chi connectivity index (χ0v) is 15.1. The zero-order valence-electron chi connectivity index (χ0n) is 13.6. The molecular weight excluding hydrogens is 388 g/mol. The van der Waals surface area contributed by atoms with Crippen molar-refractivity contribution in [2.24, 2.45) is 28.8 Å². The lowest BCUT2D eigenvalue weighted by Crippen LogP contribution is -2.38. The predicted octanol–water partition coefficient (Wildman–Crippen LogP) is 2.69. The van der Waals surface area contributed by atoms with Crippen molar-refractivity contribution in [3.8, 4) is 11.5 Å². The van der Waals surface area contributed by atoms with Crippen LogP contribution in [0.3, 0.4) is 0 Å². The van der Waals surface area contributed by atoms with Gasteiger partial charge in [-0.1, -0.05) is 12.2 Å². The Hall–Kier alpha value is -2.15. The Balaban J connectivity index is 1.62. The number of hydrogen-bond acceptors (Lipinski definition) is 5. The average molecular weight is 405 g/mol. The van der Waals surface area contributed by atoms with E-state index in [0.29, 0.717) is 10.0 Å². The molecule has 0 radical (unpaired) electrons. The summed E-state index contributed by atoms with van der Waals surface area (Å²) in [5.74, 6) is -0.397. The number of amides is 2. The smallest absolute Gasteiger partial charge is 0.254 e. The van der Waals surface area contributed by atoms with Crippen molar-refractivity contribution >= 4 is 34.0 Å². The fourth-order valence-corrected chi connectivity index (χ4v) is 4.58. The summed E-state index contributed by atoms with van der Waals surface area (Å²) in [4.78, 5) is 25.4. The van der Waals surface area contributed by atoms with E-state index < -0.39 is 0 Å². The number of fused-ring (bicyclic) bond motifs is 1. The minimum Gasteiger partial charge on any atom is -0.503 e. The molecule has 2 amide bonds. The highest BCUT2D eigenvalue weighted by Crippen LogP contribution is 2.49. The number of allylic oxidation sites excluding steroid dienone is 2. The maximum Gasteiger partial charge on any atom is 0.254 e. The molecule has 2 bridgehead atoms. The highest BCUT2D eigenvalue weighted by molar-refractivity contribution is 9.10. The molecule has 1 saturated heterocycles. The lowest BCUT2D eigenvalue weighted by atomic mass is 9.63. The molecular formula is C18H17BrN2O4. The second-order valence-corrected chi connectivity index (χ2v) is 7.48. The van der Waals surface area contributed by atoms with E-state index in [1.807, 2.05) is 0 Å². The number of ether oxygens (including phenoxy) is 1. The van der Waals surface area contributed by atoms with Crippen molar-refractivity contribution in [3.63, 3.8) is 0 Å². The predicted molar refractivity (Wildman–Crippen MR) is 94.1 cm³/mol. The summed E-state index contributed by atoms with van der Waals surface area (Å²) in [5.41, 5.74) is 0.609. The summed E-state index contributed by atoms with van der Waals surface area (Å²) < 4.78 is 5.54. The number of hydrogen-bond donors (Lipinski definition) is 1. The molecule has 0 spiro atoms. The summed E-state index contributed by atoms with van der Waals surface area (Å²) in [7, 11) is 1.45. The third-order valence-electron chi connectivity index (χ3n) is 5.33. The summed E-state index contributed by atoms with van der Waals surface area (Å²) >= 11 is 3.24. The van der Waals surface area contributed by atoms with Gasteiger partial charge in [0.05, 0.1) is 29.6 Å². The van der Waals surface area contributed by atoms with Crippen LogP contribution < -0.4 is 4.74 Å². The van der Waals surface area contributed by atoms with Crippen molar-refractivity contribution in [2.45, 2.75) is 12.8 Å². The Kier molecular flexibility index (Phi) is 3.91. The molecule has 4 atom stereocenters. The maximum absolute atomic E-state index is 12.7. The number of aromatic hydroxyl groups is 1. The fourth-order valence-electron chi connectivity index (χ4n) is 4.12. The van der Waals surface area contributed by atoms with Crippen molar-refractivity contribution in [1.29, 1.82) is 0 Å². The summed E-state index contributed by atoms with van der Waals surface area (Å²) in [6, 6.07) is 3.23. The van der Waals surface area contributed by atoms with Crippen LogP contribution in [0.15, 0.2) is 33.9 Å². The van der Waals surface area contributed by atoms with E-state index >= 15 is 0 Å². The Morgan fingerprint density at radius 3 is 2.32 bits per heavy atom. The number of hydrazone groups is 1. The van der Waals surface area contributed by atoms with Gasteiger partial charge in [-0.15, -0.1) is 0 Å². The zero-order chi connectivity index (χ0) is 17.7. The van der Waals surface area contributed by atoms with E-state index in [4.69, 9.17) is 4.74 Å². The normalized spacial score (nSPS) is 30.4. The van der Waals surface area contributed by atoms with E-state index in [-0.39, 0.29) is 47.0 Å². The van der Waals surface area contributed by atoms with E-state index in [9.17, 15) is 14.7 Å². The molecule has 1 aliphatic heterocycles. The standard InChI is InChI=1S/C18H17BrN2O4/c1-25-13-7-9(6-12(19)16(13)22)8-20-21-17(23)14-10-2-3-11(5-4-10)15(14)18(21)24/h2-3,6-8,10-11,14-15,22H,4-5H2,1H3/b20-8+/t10-,11-,14+,15+/m1/s1. The highest BCUT2D eigenvalue weighted by Gasteiger charge is 2.56. The van der Waals surface area contributed by atoms with E-state index in [2.05, 4.69) is 33.2 Å². The summed E-state index contributed by atoms with van der Waals surface area (Å²) in [5, 5.41) is 15.0. The van der Waals surface area contributed by atoms with E-state index in [1.54, 1.807) is 12.1 Å². The van der Waals surface area contributed by atoms with Gasteiger partial charge in [0, 0.05) is 0 Å². The second kappa shape index (κ2) is 5.98. The van der Waals surface area contributed by atoms with E-state index in [1.165, 1.54) is 13.3 Å². The average Bonchev–Trinajstić information content (AvgIpc) is 2.90. The van der Waals surface area contributed by atoms with Crippen molar-refractivity contribution < 1.29 is 19.4 Å². The molecule has 1 aromatic rings. The van der Waals surface area contributed by atoms with E-state index in [0.717, 1.165) is 17.9 Å². The van der Waals surface area contributed by atoms with Gasteiger partial charge in [0.25, 0.3) is 11.8 Å². The van der Waals surface area contributed by atoms with Gasteiger partial charge in [-0.3, -0.25) is 9.59 Å². The Morgan fingerprint density at radius 2 is 1.80 bits per heavy atom. The molecule has 25 heavy (non-hydrogen) atoms. The van der Waals surface area contributed by atoms with Crippen LogP contribution in [0.5, 0.6) is 11.5 Å². The molecule has 1 N–H and O–H groups in total. The molecule has 5 rings (SSSR count). The molecule has 1 aromatic carbocycles. The number of imide groups is 1. The second-order valence-electron chi connectivity index (χ2n) is 6.63. The lowest BCUT2D eigenvalue weighted by molar-refractivity contribution is -0.140. The monoisotopic (exact) mass is 404 g/mol. The van der Waals surface area contributed by atoms with Gasteiger partial charge >= 0.3 is 0 Å². The topological polar surface area (TPSA) is 79.2 Å².